The van der Waals surface area contributed by atoms with Gasteiger partial charge in [0, 0.05) is 29.8 Å². The Morgan fingerprint density at radius 2 is 1.96 bits per heavy atom. The number of carbonyl (C=O) groups excluding carboxylic acids is 1. The zero-order valence-corrected chi connectivity index (χ0v) is 13.0. The van der Waals surface area contributed by atoms with E-state index in [-0.39, 0.29) is 11.3 Å². The van der Waals surface area contributed by atoms with E-state index in [1.807, 2.05) is 12.1 Å². The van der Waals surface area contributed by atoms with Crippen LogP contribution in [0.2, 0.25) is 0 Å². The first kappa shape index (κ1) is 14.7. The molecular formula is C19H16N2O3. The molecule has 0 aliphatic carbocycles. The second-order valence-electron chi connectivity index (χ2n) is 5.88. The van der Waals surface area contributed by atoms with Gasteiger partial charge in [-0.3, -0.25) is 9.59 Å². The zero-order valence-electron chi connectivity index (χ0n) is 13.0. The second-order valence-corrected chi connectivity index (χ2v) is 5.88. The first-order chi connectivity index (χ1) is 11.7. The molecule has 3 aromatic rings. The second kappa shape index (κ2) is 5.94. The van der Waals surface area contributed by atoms with E-state index in [9.17, 15) is 9.59 Å². The van der Waals surface area contributed by atoms with Gasteiger partial charge in [-0.25, -0.2) is 0 Å². The van der Waals surface area contributed by atoms with Crippen molar-refractivity contribution in [2.24, 2.45) is 0 Å². The Hall–Kier alpha value is -2.92. The molecule has 24 heavy (non-hydrogen) atoms. The summed E-state index contributed by atoms with van der Waals surface area (Å²) in [4.78, 5) is 27.1. The number of hydrogen-bond acceptors (Lipinski definition) is 3. The molecule has 2 heterocycles. The molecule has 0 bridgehead atoms. The van der Waals surface area contributed by atoms with Crippen molar-refractivity contribution in [2.75, 3.05) is 0 Å². The summed E-state index contributed by atoms with van der Waals surface area (Å²) in [6.07, 6.45) is 1.58. The van der Waals surface area contributed by atoms with Crippen molar-refractivity contribution in [3.63, 3.8) is 0 Å². The maximum atomic E-state index is 12.4. The number of fused-ring (bicyclic) bond motifs is 2. The summed E-state index contributed by atoms with van der Waals surface area (Å²) in [7, 11) is 0. The van der Waals surface area contributed by atoms with Crippen molar-refractivity contribution in [3.8, 4) is 0 Å². The summed E-state index contributed by atoms with van der Waals surface area (Å²) in [5, 5.41) is 3.49. The molecule has 0 fully saturated rings. The molecule has 5 heteroatoms. The van der Waals surface area contributed by atoms with E-state index in [4.69, 9.17) is 4.74 Å². The topological polar surface area (TPSA) is 71.2 Å². The van der Waals surface area contributed by atoms with Gasteiger partial charge in [0.1, 0.15) is 0 Å². The third-order valence-corrected chi connectivity index (χ3v) is 4.26. The third kappa shape index (κ3) is 2.70. The van der Waals surface area contributed by atoms with Crippen LogP contribution < -0.4 is 10.7 Å². The molecule has 1 amide bonds. The van der Waals surface area contributed by atoms with Crippen molar-refractivity contribution in [3.05, 3.63) is 81.1 Å². The van der Waals surface area contributed by atoms with Crippen LogP contribution >= 0.6 is 0 Å². The van der Waals surface area contributed by atoms with Gasteiger partial charge < -0.3 is 15.0 Å². The van der Waals surface area contributed by atoms with Crippen LogP contribution in [-0.4, -0.2) is 10.9 Å². The highest BCUT2D eigenvalue weighted by Crippen LogP contribution is 2.20. The Kier molecular flexibility index (Phi) is 3.63. The van der Waals surface area contributed by atoms with Crippen LogP contribution in [0.25, 0.3) is 10.9 Å². The molecule has 0 radical (unpaired) electrons. The summed E-state index contributed by atoms with van der Waals surface area (Å²) in [6.45, 7) is 1.75. The molecule has 0 spiro atoms. The normalized spacial score (nSPS) is 13.0. The molecule has 1 aromatic heterocycles. The molecule has 4 rings (SSSR count). The standard InChI is InChI=1S/C19H16N2O3/c22-18-5-6-20-17-8-13(3-4-16(17)18)19(23)21-9-12-1-2-14-10-24-11-15(14)7-12/h1-8H,9-11H2,(H,20,22)(H,21,23). The molecule has 0 saturated carbocycles. The fourth-order valence-electron chi connectivity index (χ4n) is 2.94. The summed E-state index contributed by atoms with van der Waals surface area (Å²) in [5.74, 6) is -0.168. The maximum absolute atomic E-state index is 12.4. The van der Waals surface area contributed by atoms with Crippen LogP contribution in [-0.2, 0) is 24.5 Å². The van der Waals surface area contributed by atoms with Crippen LogP contribution in [0.3, 0.4) is 0 Å². The van der Waals surface area contributed by atoms with Crippen LogP contribution in [0.15, 0.2) is 53.5 Å². The molecule has 0 unspecified atom stereocenters. The van der Waals surface area contributed by atoms with E-state index in [1.165, 1.54) is 17.2 Å². The van der Waals surface area contributed by atoms with Crippen molar-refractivity contribution < 1.29 is 9.53 Å². The highest BCUT2D eigenvalue weighted by atomic mass is 16.5. The molecule has 0 saturated heterocycles. The predicted molar refractivity (Wildman–Crippen MR) is 90.7 cm³/mol. The average Bonchev–Trinajstić information content (AvgIpc) is 3.07. The Morgan fingerprint density at radius 1 is 1.08 bits per heavy atom. The fourth-order valence-corrected chi connectivity index (χ4v) is 2.94. The van der Waals surface area contributed by atoms with Gasteiger partial charge in [-0.05, 0) is 34.9 Å². The van der Waals surface area contributed by atoms with Crippen LogP contribution in [0, 0.1) is 0 Å². The van der Waals surface area contributed by atoms with Crippen LogP contribution in [0.4, 0.5) is 0 Å². The lowest BCUT2D eigenvalue weighted by Crippen LogP contribution is -2.23. The molecule has 0 atom stereocenters. The number of rotatable bonds is 3. The number of carbonyl (C=O) groups is 1. The average molecular weight is 320 g/mol. The van der Waals surface area contributed by atoms with E-state index < -0.39 is 0 Å². The van der Waals surface area contributed by atoms with E-state index in [2.05, 4.69) is 16.4 Å². The fraction of sp³-hybridized carbons (Fsp3) is 0.158. The number of hydrogen-bond donors (Lipinski definition) is 2. The van der Waals surface area contributed by atoms with Gasteiger partial charge in [0.15, 0.2) is 5.43 Å². The maximum Gasteiger partial charge on any atom is 0.251 e. The summed E-state index contributed by atoms with van der Waals surface area (Å²) in [5.41, 5.74) is 4.56. The Morgan fingerprint density at radius 3 is 2.88 bits per heavy atom. The molecular weight excluding hydrogens is 304 g/mol. The summed E-state index contributed by atoms with van der Waals surface area (Å²) < 4.78 is 5.40. The van der Waals surface area contributed by atoms with Gasteiger partial charge in [0.2, 0.25) is 0 Å². The molecule has 1 aliphatic rings. The number of H-pyrrole nitrogens is 1. The lowest BCUT2D eigenvalue weighted by Gasteiger charge is -2.08. The zero-order chi connectivity index (χ0) is 16.5. The van der Waals surface area contributed by atoms with E-state index in [0.29, 0.717) is 36.2 Å². The highest BCUT2D eigenvalue weighted by Gasteiger charge is 2.12. The highest BCUT2D eigenvalue weighted by molar-refractivity contribution is 5.97. The van der Waals surface area contributed by atoms with Crippen molar-refractivity contribution in [1.82, 2.24) is 10.3 Å². The number of pyridine rings is 1. The predicted octanol–water partition coefficient (Wildman–Crippen LogP) is 2.49. The summed E-state index contributed by atoms with van der Waals surface area (Å²) in [6, 6.07) is 12.6. The number of aromatic amines is 1. The summed E-state index contributed by atoms with van der Waals surface area (Å²) >= 11 is 0. The van der Waals surface area contributed by atoms with Crippen molar-refractivity contribution >= 4 is 16.8 Å². The van der Waals surface area contributed by atoms with E-state index in [1.54, 1.807) is 24.4 Å². The van der Waals surface area contributed by atoms with Crippen LogP contribution in [0.5, 0.6) is 0 Å². The van der Waals surface area contributed by atoms with Gasteiger partial charge >= 0.3 is 0 Å². The SMILES string of the molecule is O=C(NCc1ccc2c(c1)COC2)c1ccc2c(=O)cc[nH]c2c1. The molecule has 120 valence electrons. The van der Waals surface area contributed by atoms with Gasteiger partial charge in [0.05, 0.1) is 18.7 Å². The first-order valence-electron chi connectivity index (χ1n) is 7.79. The smallest absolute Gasteiger partial charge is 0.251 e. The van der Waals surface area contributed by atoms with Gasteiger partial charge in [-0.2, -0.15) is 0 Å². The number of aromatic nitrogens is 1. The minimum atomic E-state index is -0.168. The van der Waals surface area contributed by atoms with Crippen LogP contribution in [0.1, 0.15) is 27.0 Å². The largest absolute Gasteiger partial charge is 0.372 e. The Labute approximate surface area is 138 Å². The quantitative estimate of drug-likeness (QED) is 0.779. The van der Waals surface area contributed by atoms with Crippen molar-refractivity contribution in [2.45, 2.75) is 19.8 Å². The minimum Gasteiger partial charge on any atom is -0.372 e. The lowest BCUT2D eigenvalue weighted by atomic mass is 10.1. The van der Waals surface area contributed by atoms with Crippen molar-refractivity contribution in [1.29, 1.82) is 0 Å². The molecule has 5 nitrogen and oxygen atoms in total. The number of amides is 1. The van der Waals surface area contributed by atoms with E-state index in [0.717, 1.165) is 5.56 Å². The monoisotopic (exact) mass is 320 g/mol. The first-order valence-corrected chi connectivity index (χ1v) is 7.79. The van der Waals surface area contributed by atoms with E-state index >= 15 is 0 Å². The van der Waals surface area contributed by atoms with Gasteiger partial charge in [-0.15, -0.1) is 0 Å². The molecule has 2 aromatic carbocycles. The number of nitrogens with one attached hydrogen (secondary N) is 2. The van der Waals surface area contributed by atoms with Gasteiger partial charge in [-0.1, -0.05) is 18.2 Å². The Balaban J connectivity index is 1.51. The number of benzene rings is 2. The molecule has 2 N–H and O–H groups in total. The third-order valence-electron chi connectivity index (χ3n) is 4.26. The minimum absolute atomic E-state index is 0.0592. The number of ether oxygens (including phenoxy) is 1. The lowest BCUT2D eigenvalue weighted by molar-refractivity contribution is 0.0951. The Bertz CT molecular complexity index is 991. The molecule has 1 aliphatic heterocycles. The van der Waals surface area contributed by atoms with Gasteiger partial charge in [0.25, 0.3) is 5.91 Å².